The average Bonchev–Trinajstić information content (AvgIpc) is 3.13. The Kier molecular flexibility index (Phi) is 5.61. The van der Waals surface area contributed by atoms with Crippen LogP contribution in [0.1, 0.15) is 11.1 Å². The second kappa shape index (κ2) is 8.08. The fourth-order valence-corrected chi connectivity index (χ4v) is 3.15. The standard InChI is InChI=1S/C18H15BrN2O2S/c1-22-16-10-14(11-21-18-20-7-8-24-18)9-15(19)17(16)23-12-13-5-3-2-4-6-13/h2-11H,12H2,1H3. The molecule has 0 aliphatic heterocycles. The molecule has 0 bridgehead atoms. The summed E-state index contributed by atoms with van der Waals surface area (Å²) in [5.74, 6) is 1.33. The molecule has 1 aromatic heterocycles. The summed E-state index contributed by atoms with van der Waals surface area (Å²) < 4.78 is 12.2. The van der Waals surface area contributed by atoms with E-state index in [1.807, 2.05) is 47.8 Å². The summed E-state index contributed by atoms with van der Waals surface area (Å²) >= 11 is 5.04. The van der Waals surface area contributed by atoms with Gasteiger partial charge in [0.15, 0.2) is 11.5 Å². The lowest BCUT2D eigenvalue weighted by Gasteiger charge is -2.13. The van der Waals surface area contributed by atoms with Crippen LogP contribution in [0.15, 0.2) is 63.5 Å². The van der Waals surface area contributed by atoms with Crippen LogP contribution in [-0.4, -0.2) is 18.3 Å². The summed E-state index contributed by atoms with van der Waals surface area (Å²) in [6, 6.07) is 13.8. The Morgan fingerprint density at radius 1 is 1.25 bits per heavy atom. The van der Waals surface area contributed by atoms with E-state index >= 15 is 0 Å². The number of methoxy groups -OCH3 is 1. The minimum absolute atomic E-state index is 0.475. The van der Waals surface area contributed by atoms with Gasteiger partial charge in [0.05, 0.1) is 11.6 Å². The average molecular weight is 403 g/mol. The largest absolute Gasteiger partial charge is 0.493 e. The van der Waals surface area contributed by atoms with Crippen LogP contribution in [0.3, 0.4) is 0 Å². The van der Waals surface area contributed by atoms with Gasteiger partial charge in [-0.05, 0) is 39.2 Å². The molecule has 24 heavy (non-hydrogen) atoms. The molecule has 1 heterocycles. The number of rotatable bonds is 6. The van der Waals surface area contributed by atoms with E-state index in [9.17, 15) is 0 Å². The van der Waals surface area contributed by atoms with Crippen molar-refractivity contribution >= 4 is 38.6 Å². The van der Waals surface area contributed by atoms with Crippen molar-refractivity contribution in [1.82, 2.24) is 4.98 Å². The van der Waals surface area contributed by atoms with Gasteiger partial charge in [-0.3, -0.25) is 0 Å². The number of nitrogens with zero attached hydrogens (tertiary/aromatic N) is 2. The Hall–Kier alpha value is -2.18. The predicted molar refractivity (Wildman–Crippen MR) is 101 cm³/mol. The van der Waals surface area contributed by atoms with Crippen molar-refractivity contribution in [1.29, 1.82) is 0 Å². The van der Waals surface area contributed by atoms with Crippen LogP contribution in [0.4, 0.5) is 5.13 Å². The molecular formula is C18H15BrN2O2S. The van der Waals surface area contributed by atoms with Crippen LogP contribution in [0.25, 0.3) is 0 Å². The van der Waals surface area contributed by atoms with Crippen molar-refractivity contribution in [3.8, 4) is 11.5 Å². The molecular weight excluding hydrogens is 388 g/mol. The molecule has 0 saturated heterocycles. The van der Waals surface area contributed by atoms with E-state index in [2.05, 4.69) is 25.9 Å². The highest BCUT2D eigenvalue weighted by Crippen LogP contribution is 2.37. The van der Waals surface area contributed by atoms with Gasteiger partial charge in [-0.15, -0.1) is 11.3 Å². The molecule has 0 atom stereocenters. The lowest BCUT2D eigenvalue weighted by Crippen LogP contribution is -1.99. The third-order valence-corrected chi connectivity index (χ3v) is 4.49. The van der Waals surface area contributed by atoms with Crippen molar-refractivity contribution in [2.75, 3.05) is 7.11 Å². The lowest BCUT2D eigenvalue weighted by molar-refractivity contribution is 0.282. The van der Waals surface area contributed by atoms with Crippen molar-refractivity contribution < 1.29 is 9.47 Å². The third kappa shape index (κ3) is 4.21. The number of aromatic nitrogens is 1. The number of hydrogen-bond donors (Lipinski definition) is 0. The van der Waals surface area contributed by atoms with Crippen molar-refractivity contribution in [3.63, 3.8) is 0 Å². The van der Waals surface area contributed by atoms with Crippen LogP contribution >= 0.6 is 27.3 Å². The Balaban J connectivity index is 1.79. The van der Waals surface area contributed by atoms with Gasteiger partial charge in [0, 0.05) is 17.8 Å². The van der Waals surface area contributed by atoms with Gasteiger partial charge in [-0.25, -0.2) is 9.98 Å². The summed E-state index contributed by atoms with van der Waals surface area (Å²) in [5, 5.41) is 2.61. The fraction of sp³-hybridized carbons (Fsp3) is 0.111. The zero-order valence-electron chi connectivity index (χ0n) is 13.0. The number of halogens is 1. The second-order valence-corrected chi connectivity index (χ2v) is 6.61. The maximum Gasteiger partial charge on any atom is 0.208 e. The first-order valence-electron chi connectivity index (χ1n) is 7.24. The maximum absolute atomic E-state index is 5.92. The molecule has 3 aromatic rings. The molecule has 122 valence electrons. The highest BCUT2D eigenvalue weighted by atomic mass is 79.9. The van der Waals surface area contributed by atoms with Crippen molar-refractivity contribution in [2.45, 2.75) is 6.61 Å². The summed E-state index contributed by atoms with van der Waals surface area (Å²) in [6.07, 6.45) is 3.49. The van der Waals surface area contributed by atoms with E-state index in [-0.39, 0.29) is 0 Å². The monoisotopic (exact) mass is 402 g/mol. The van der Waals surface area contributed by atoms with Crippen LogP contribution in [0, 0.1) is 0 Å². The van der Waals surface area contributed by atoms with E-state index in [1.165, 1.54) is 11.3 Å². The van der Waals surface area contributed by atoms with E-state index < -0.39 is 0 Å². The molecule has 6 heteroatoms. The predicted octanol–water partition coefficient (Wildman–Crippen LogP) is 5.24. The first-order valence-corrected chi connectivity index (χ1v) is 8.91. The molecule has 0 spiro atoms. The topological polar surface area (TPSA) is 43.7 Å². The minimum Gasteiger partial charge on any atom is -0.493 e. The smallest absolute Gasteiger partial charge is 0.208 e. The van der Waals surface area contributed by atoms with Crippen LogP contribution in [0.2, 0.25) is 0 Å². The van der Waals surface area contributed by atoms with E-state index in [0.29, 0.717) is 18.1 Å². The van der Waals surface area contributed by atoms with Crippen molar-refractivity contribution in [2.24, 2.45) is 4.99 Å². The van der Waals surface area contributed by atoms with Crippen molar-refractivity contribution in [3.05, 3.63) is 69.6 Å². The fourth-order valence-electron chi connectivity index (χ4n) is 2.09. The lowest BCUT2D eigenvalue weighted by atomic mass is 10.2. The van der Waals surface area contributed by atoms with Gasteiger partial charge < -0.3 is 9.47 Å². The van der Waals surface area contributed by atoms with E-state index in [0.717, 1.165) is 20.7 Å². The molecule has 0 aliphatic carbocycles. The van der Waals surface area contributed by atoms with Gasteiger partial charge in [0.2, 0.25) is 5.13 Å². The van der Waals surface area contributed by atoms with E-state index in [4.69, 9.17) is 9.47 Å². The van der Waals surface area contributed by atoms with Gasteiger partial charge in [-0.2, -0.15) is 0 Å². The summed E-state index contributed by atoms with van der Waals surface area (Å²) in [6.45, 7) is 0.475. The number of ether oxygens (including phenoxy) is 2. The number of thiazole rings is 1. The van der Waals surface area contributed by atoms with Gasteiger partial charge in [0.25, 0.3) is 0 Å². The molecule has 0 saturated carbocycles. The molecule has 2 aromatic carbocycles. The molecule has 0 amide bonds. The molecule has 4 nitrogen and oxygen atoms in total. The zero-order valence-corrected chi connectivity index (χ0v) is 15.4. The van der Waals surface area contributed by atoms with Gasteiger partial charge in [0.1, 0.15) is 6.61 Å². The van der Waals surface area contributed by atoms with Crippen LogP contribution in [-0.2, 0) is 6.61 Å². The zero-order chi connectivity index (χ0) is 16.8. The van der Waals surface area contributed by atoms with E-state index in [1.54, 1.807) is 19.5 Å². The molecule has 0 unspecified atom stereocenters. The Morgan fingerprint density at radius 3 is 2.79 bits per heavy atom. The highest BCUT2D eigenvalue weighted by molar-refractivity contribution is 9.10. The number of aliphatic imine (C=N–C) groups is 1. The number of hydrogen-bond acceptors (Lipinski definition) is 5. The maximum atomic E-state index is 5.92. The second-order valence-electron chi connectivity index (χ2n) is 4.88. The molecule has 0 fully saturated rings. The first kappa shape index (κ1) is 16.7. The molecule has 0 aliphatic rings. The Morgan fingerprint density at radius 2 is 2.08 bits per heavy atom. The highest BCUT2D eigenvalue weighted by Gasteiger charge is 2.11. The molecule has 0 radical (unpaired) electrons. The Labute approximate surface area is 152 Å². The first-order chi connectivity index (χ1) is 11.8. The number of benzene rings is 2. The minimum atomic E-state index is 0.475. The SMILES string of the molecule is COc1cc(C=Nc2nccs2)cc(Br)c1OCc1ccccc1. The normalized spacial score (nSPS) is 10.9. The van der Waals surface area contributed by atoms with Crippen LogP contribution < -0.4 is 9.47 Å². The third-order valence-electron chi connectivity index (χ3n) is 3.22. The van der Waals surface area contributed by atoms with Gasteiger partial charge >= 0.3 is 0 Å². The quantitative estimate of drug-likeness (QED) is 0.529. The molecule has 3 rings (SSSR count). The molecule has 0 N–H and O–H groups in total. The Bertz CT molecular complexity index is 821. The van der Waals surface area contributed by atoms with Gasteiger partial charge in [-0.1, -0.05) is 30.3 Å². The van der Waals surface area contributed by atoms with Crippen LogP contribution in [0.5, 0.6) is 11.5 Å². The summed E-state index contributed by atoms with van der Waals surface area (Å²) in [4.78, 5) is 8.47. The summed E-state index contributed by atoms with van der Waals surface area (Å²) in [5.41, 5.74) is 2.00. The summed E-state index contributed by atoms with van der Waals surface area (Å²) in [7, 11) is 1.62.